The SMILES string of the molecule is CN1CCc2cc(CNc3nncs3)ccc21. The average Bonchev–Trinajstić information content (AvgIpc) is 2.97. The fourth-order valence-electron chi connectivity index (χ4n) is 2.16. The van der Waals surface area contributed by atoms with Gasteiger partial charge in [0.1, 0.15) is 5.51 Å². The maximum Gasteiger partial charge on any atom is 0.205 e. The van der Waals surface area contributed by atoms with Gasteiger partial charge in [-0.15, -0.1) is 10.2 Å². The summed E-state index contributed by atoms with van der Waals surface area (Å²) in [5, 5.41) is 11.9. The zero-order valence-electron chi connectivity index (χ0n) is 9.68. The predicted molar refractivity (Wildman–Crippen MR) is 70.7 cm³/mol. The van der Waals surface area contributed by atoms with Gasteiger partial charge < -0.3 is 10.2 Å². The molecule has 0 amide bonds. The topological polar surface area (TPSA) is 41.0 Å². The van der Waals surface area contributed by atoms with Crippen molar-refractivity contribution in [3.8, 4) is 0 Å². The summed E-state index contributed by atoms with van der Waals surface area (Å²) in [6, 6.07) is 6.67. The van der Waals surface area contributed by atoms with Gasteiger partial charge in [0.2, 0.25) is 5.13 Å². The summed E-state index contributed by atoms with van der Waals surface area (Å²) in [5.74, 6) is 0. The van der Waals surface area contributed by atoms with Gasteiger partial charge in [0, 0.05) is 25.8 Å². The molecule has 0 bridgehead atoms. The molecule has 1 aromatic heterocycles. The van der Waals surface area contributed by atoms with Crippen LogP contribution in [0.3, 0.4) is 0 Å². The molecule has 0 spiro atoms. The molecule has 0 fully saturated rings. The van der Waals surface area contributed by atoms with Gasteiger partial charge in [0.05, 0.1) is 0 Å². The highest BCUT2D eigenvalue weighted by atomic mass is 32.1. The lowest BCUT2D eigenvalue weighted by molar-refractivity contribution is 0.955. The number of fused-ring (bicyclic) bond motifs is 1. The van der Waals surface area contributed by atoms with E-state index in [-0.39, 0.29) is 0 Å². The largest absolute Gasteiger partial charge is 0.374 e. The van der Waals surface area contributed by atoms with E-state index in [2.05, 4.69) is 45.7 Å². The quantitative estimate of drug-likeness (QED) is 0.901. The van der Waals surface area contributed by atoms with Crippen LogP contribution < -0.4 is 10.2 Å². The van der Waals surface area contributed by atoms with Gasteiger partial charge in [-0.1, -0.05) is 23.5 Å². The van der Waals surface area contributed by atoms with Gasteiger partial charge in [0.25, 0.3) is 0 Å². The van der Waals surface area contributed by atoms with Gasteiger partial charge in [-0.25, -0.2) is 0 Å². The van der Waals surface area contributed by atoms with Crippen LogP contribution in [-0.2, 0) is 13.0 Å². The number of aromatic nitrogens is 2. The van der Waals surface area contributed by atoms with Crippen molar-refractivity contribution in [2.45, 2.75) is 13.0 Å². The lowest BCUT2D eigenvalue weighted by Crippen LogP contribution is -2.12. The summed E-state index contributed by atoms with van der Waals surface area (Å²) >= 11 is 1.53. The molecule has 88 valence electrons. The van der Waals surface area contributed by atoms with Crippen LogP contribution >= 0.6 is 11.3 Å². The van der Waals surface area contributed by atoms with Gasteiger partial charge >= 0.3 is 0 Å². The van der Waals surface area contributed by atoms with E-state index >= 15 is 0 Å². The summed E-state index contributed by atoms with van der Waals surface area (Å²) in [6.45, 7) is 1.94. The Morgan fingerprint density at radius 1 is 1.47 bits per heavy atom. The fraction of sp³-hybridized carbons (Fsp3) is 0.333. The monoisotopic (exact) mass is 246 g/mol. The van der Waals surface area contributed by atoms with Crippen molar-refractivity contribution in [3.05, 3.63) is 34.8 Å². The third-order valence-corrected chi connectivity index (χ3v) is 3.72. The van der Waals surface area contributed by atoms with Crippen LogP contribution in [0.5, 0.6) is 0 Å². The summed E-state index contributed by atoms with van der Waals surface area (Å²) in [6.07, 6.45) is 1.15. The Balaban J connectivity index is 1.72. The Labute approximate surface area is 104 Å². The molecule has 1 N–H and O–H groups in total. The Morgan fingerprint density at radius 2 is 2.41 bits per heavy atom. The predicted octanol–water partition coefficient (Wildman–Crippen LogP) is 2.14. The van der Waals surface area contributed by atoms with Crippen LogP contribution in [-0.4, -0.2) is 23.8 Å². The normalized spacial score (nSPS) is 13.8. The van der Waals surface area contributed by atoms with Crippen molar-refractivity contribution in [2.75, 3.05) is 23.8 Å². The van der Waals surface area contributed by atoms with E-state index in [0.29, 0.717) is 0 Å². The first-order chi connectivity index (χ1) is 8.33. The van der Waals surface area contributed by atoms with Crippen LogP contribution in [0.1, 0.15) is 11.1 Å². The number of hydrogen-bond acceptors (Lipinski definition) is 5. The molecule has 0 saturated heterocycles. The zero-order chi connectivity index (χ0) is 11.7. The molecule has 1 aliphatic rings. The number of hydrogen-bond donors (Lipinski definition) is 1. The first-order valence-corrected chi connectivity index (χ1v) is 6.54. The molecule has 0 saturated carbocycles. The molecule has 0 atom stereocenters. The van der Waals surface area contributed by atoms with E-state index in [1.807, 2.05) is 0 Å². The molecule has 1 aliphatic heterocycles. The van der Waals surface area contributed by atoms with Crippen molar-refractivity contribution in [3.63, 3.8) is 0 Å². The Bertz CT molecular complexity index is 509. The second kappa shape index (κ2) is 4.33. The maximum atomic E-state index is 3.97. The van der Waals surface area contributed by atoms with Crippen LogP contribution in [0, 0.1) is 0 Å². The van der Waals surface area contributed by atoms with Gasteiger partial charge in [-0.05, 0) is 23.6 Å². The maximum absolute atomic E-state index is 3.97. The minimum absolute atomic E-state index is 0.812. The molecule has 2 heterocycles. The van der Waals surface area contributed by atoms with Crippen molar-refractivity contribution >= 4 is 22.2 Å². The highest BCUT2D eigenvalue weighted by Crippen LogP contribution is 2.27. The van der Waals surface area contributed by atoms with Crippen LogP contribution in [0.25, 0.3) is 0 Å². The molecule has 0 unspecified atom stereocenters. The van der Waals surface area contributed by atoms with Crippen LogP contribution in [0.15, 0.2) is 23.7 Å². The summed E-state index contributed by atoms with van der Waals surface area (Å²) < 4.78 is 0. The summed E-state index contributed by atoms with van der Waals surface area (Å²) in [7, 11) is 2.14. The third-order valence-electron chi connectivity index (χ3n) is 3.08. The van der Waals surface area contributed by atoms with E-state index in [0.717, 1.165) is 24.6 Å². The van der Waals surface area contributed by atoms with Gasteiger partial charge in [-0.3, -0.25) is 0 Å². The Morgan fingerprint density at radius 3 is 3.24 bits per heavy atom. The summed E-state index contributed by atoms with van der Waals surface area (Å²) in [4.78, 5) is 2.30. The van der Waals surface area contributed by atoms with Crippen molar-refractivity contribution in [1.82, 2.24) is 10.2 Å². The number of rotatable bonds is 3. The molecule has 1 aromatic carbocycles. The van der Waals surface area contributed by atoms with E-state index in [1.54, 1.807) is 5.51 Å². The molecule has 2 aromatic rings. The molecule has 4 nitrogen and oxygen atoms in total. The van der Waals surface area contributed by atoms with Crippen LogP contribution in [0.4, 0.5) is 10.8 Å². The fourth-order valence-corrected chi connectivity index (χ4v) is 2.60. The number of likely N-dealkylation sites (N-methyl/N-ethyl adjacent to an activating group) is 1. The molecular weight excluding hydrogens is 232 g/mol. The Kier molecular flexibility index (Phi) is 2.68. The highest BCUT2D eigenvalue weighted by molar-refractivity contribution is 7.13. The second-order valence-electron chi connectivity index (χ2n) is 4.23. The lowest BCUT2D eigenvalue weighted by atomic mass is 10.1. The molecule has 17 heavy (non-hydrogen) atoms. The zero-order valence-corrected chi connectivity index (χ0v) is 10.5. The number of nitrogens with one attached hydrogen (secondary N) is 1. The first-order valence-electron chi connectivity index (χ1n) is 5.66. The number of benzene rings is 1. The lowest BCUT2D eigenvalue weighted by Gasteiger charge is -2.12. The molecule has 0 aliphatic carbocycles. The van der Waals surface area contributed by atoms with Crippen molar-refractivity contribution in [1.29, 1.82) is 0 Å². The van der Waals surface area contributed by atoms with E-state index in [4.69, 9.17) is 0 Å². The standard InChI is InChI=1S/C12H14N4S/c1-16-5-4-10-6-9(2-3-11(10)16)7-13-12-15-14-8-17-12/h2-3,6,8H,4-5,7H2,1H3,(H,13,15). The van der Waals surface area contributed by atoms with Crippen molar-refractivity contribution < 1.29 is 0 Å². The van der Waals surface area contributed by atoms with E-state index in [9.17, 15) is 0 Å². The second-order valence-corrected chi connectivity index (χ2v) is 5.07. The molecule has 0 radical (unpaired) electrons. The Hall–Kier alpha value is -1.62. The minimum Gasteiger partial charge on any atom is -0.374 e. The smallest absolute Gasteiger partial charge is 0.205 e. The highest BCUT2D eigenvalue weighted by Gasteiger charge is 2.15. The van der Waals surface area contributed by atoms with Gasteiger partial charge in [-0.2, -0.15) is 0 Å². The molecule has 3 rings (SSSR count). The summed E-state index contributed by atoms with van der Waals surface area (Å²) in [5.41, 5.74) is 5.85. The van der Waals surface area contributed by atoms with Crippen LogP contribution in [0.2, 0.25) is 0 Å². The number of nitrogens with zero attached hydrogens (tertiary/aromatic N) is 3. The average molecular weight is 246 g/mol. The van der Waals surface area contributed by atoms with E-state index in [1.165, 1.54) is 28.2 Å². The third kappa shape index (κ3) is 2.10. The van der Waals surface area contributed by atoms with E-state index < -0.39 is 0 Å². The minimum atomic E-state index is 0.812. The molecular formula is C12H14N4S. The van der Waals surface area contributed by atoms with Gasteiger partial charge in [0.15, 0.2) is 0 Å². The van der Waals surface area contributed by atoms with Crippen molar-refractivity contribution in [2.24, 2.45) is 0 Å². The molecule has 5 heteroatoms. The first kappa shape index (κ1) is 10.5. The number of anilines is 2.